The average molecular weight is 140 g/mol. The lowest BCUT2D eigenvalue weighted by Gasteiger charge is -2.35. The van der Waals surface area contributed by atoms with Gasteiger partial charge < -0.3 is 0 Å². The molecule has 0 aromatic rings. The van der Waals surface area contributed by atoms with Crippen LogP contribution in [-0.4, -0.2) is 29.9 Å². The van der Waals surface area contributed by atoms with E-state index in [1.165, 1.54) is 0 Å². The van der Waals surface area contributed by atoms with Crippen molar-refractivity contribution in [3.05, 3.63) is 0 Å². The Balaban J connectivity index is 2.49. The fourth-order valence-electron chi connectivity index (χ4n) is 1.08. The maximum absolute atomic E-state index is 4.23. The van der Waals surface area contributed by atoms with E-state index < -0.39 is 0 Å². The molecular weight excluding hydrogens is 124 g/mol. The second kappa shape index (κ2) is 2.70. The zero-order valence-electron chi connectivity index (χ0n) is 7.09. The zero-order valence-corrected chi connectivity index (χ0v) is 7.09. The minimum atomic E-state index is 0.289. The maximum Gasteiger partial charge on any atom is 0.0909 e. The first-order valence-corrected chi connectivity index (χ1v) is 3.84. The summed E-state index contributed by atoms with van der Waals surface area (Å²) in [4.78, 5) is 6.61. The summed E-state index contributed by atoms with van der Waals surface area (Å²) >= 11 is 0. The topological polar surface area (TPSA) is 15.6 Å². The normalized spacial score (nSPS) is 21.5. The summed E-state index contributed by atoms with van der Waals surface area (Å²) in [7, 11) is 0. The minimum absolute atomic E-state index is 0.289. The molecule has 2 heteroatoms. The molecule has 0 fully saturated rings. The average Bonchev–Trinajstić information content (AvgIpc) is 1.88. The Hall–Kier alpha value is -0.370. The largest absolute Gasteiger partial charge is 0.282 e. The Kier molecular flexibility index (Phi) is 2.09. The van der Waals surface area contributed by atoms with Crippen LogP contribution < -0.4 is 0 Å². The van der Waals surface area contributed by atoms with Crippen LogP contribution in [0.3, 0.4) is 0 Å². The Labute approximate surface area is 62.9 Å². The van der Waals surface area contributed by atoms with Crippen molar-refractivity contribution in [1.82, 2.24) is 4.90 Å². The zero-order chi connectivity index (χ0) is 7.61. The van der Waals surface area contributed by atoms with Crippen molar-refractivity contribution >= 4 is 6.21 Å². The van der Waals surface area contributed by atoms with Gasteiger partial charge in [0.1, 0.15) is 0 Å². The van der Waals surface area contributed by atoms with Gasteiger partial charge in [-0.15, -0.1) is 0 Å². The lowest BCUT2D eigenvalue weighted by atomic mass is 10.1. The Morgan fingerprint density at radius 1 is 1.40 bits per heavy atom. The SMILES string of the molecule is CC(C)(C)N1CCC=NC1. The number of nitrogens with zero attached hydrogens (tertiary/aromatic N) is 2. The molecule has 58 valence electrons. The smallest absolute Gasteiger partial charge is 0.0909 e. The molecule has 0 radical (unpaired) electrons. The van der Waals surface area contributed by atoms with Crippen LogP contribution in [-0.2, 0) is 0 Å². The molecule has 0 spiro atoms. The molecule has 1 heterocycles. The molecule has 0 aromatic carbocycles. The third kappa shape index (κ3) is 1.81. The third-order valence-electron chi connectivity index (χ3n) is 1.86. The Morgan fingerprint density at radius 3 is 2.40 bits per heavy atom. The number of rotatable bonds is 0. The van der Waals surface area contributed by atoms with Gasteiger partial charge in [-0.3, -0.25) is 9.89 Å². The molecule has 0 saturated carbocycles. The van der Waals surface area contributed by atoms with Gasteiger partial charge in [-0.25, -0.2) is 0 Å². The number of hydrogen-bond donors (Lipinski definition) is 0. The van der Waals surface area contributed by atoms with E-state index in [-0.39, 0.29) is 5.54 Å². The maximum atomic E-state index is 4.23. The van der Waals surface area contributed by atoms with Crippen LogP contribution in [0.2, 0.25) is 0 Å². The second-order valence-electron chi connectivity index (χ2n) is 3.73. The van der Waals surface area contributed by atoms with Crippen LogP contribution in [0, 0.1) is 0 Å². The van der Waals surface area contributed by atoms with E-state index in [0.717, 1.165) is 19.6 Å². The molecule has 0 atom stereocenters. The third-order valence-corrected chi connectivity index (χ3v) is 1.86. The minimum Gasteiger partial charge on any atom is -0.282 e. The number of aliphatic imine (C=N–C) groups is 1. The molecule has 0 aromatic heterocycles. The lowest BCUT2D eigenvalue weighted by Crippen LogP contribution is -2.43. The molecule has 1 aliphatic heterocycles. The van der Waals surface area contributed by atoms with Crippen molar-refractivity contribution in [3.63, 3.8) is 0 Å². The van der Waals surface area contributed by atoms with Crippen LogP contribution in [0.15, 0.2) is 4.99 Å². The lowest BCUT2D eigenvalue weighted by molar-refractivity contribution is 0.141. The monoisotopic (exact) mass is 140 g/mol. The predicted octanol–water partition coefficient (Wildman–Crippen LogP) is 1.52. The van der Waals surface area contributed by atoms with E-state index in [0.29, 0.717) is 0 Å². The van der Waals surface area contributed by atoms with E-state index >= 15 is 0 Å². The summed E-state index contributed by atoms with van der Waals surface area (Å²) in [5.41, 5.74) is 0.289. The molecule has 0 saturated heterocycles. The van der Waals surface area contributed by atoms with Gasteiger partial charge in [0.2, 0.25) is 0 Å². The molecule has 10 heavy (non-hydrogen) atoms. The molecule has 0 bridgehead atoms. The molecule has 2 nitrogen and oxygen atoms in total. The van der Waals surface area contributed by atoms with Crippen molar-refractivity contribution in [1.29, 1.82) is 0 Å². The van der Waals surface area contributed by atoms with Gasteiger partial charge in [0.25, 0.3) is 0 Å². The highest BCUT2D eigenvalue weighted by Crippen LogP contribution is 2.14. The quantitative estimate of drug-likeness (QED) is 0.498. The molecule has 1 aliphatic rings. The summed E-state index contributed by atoms with van der Waals surface area (Å²) in [6.07, 6.45) is 3.12. The van der Waals surface area contributed by atoms with Gasteiger partial charge in [0.05, 0.1) is 6.67 Å². The fourth-order valence-corrected chi connectivity index (χ4v) is 1.08. The van der Waals surface area contributed by atoms with Crippen molar-refractivity contribution < 1.29 is 0 Å². The van der Waals surface area contributed by atoms with E-state index in [2.05, 4.69) is 30.7 Å². The summed E-state index contributed by atoms with van der Waals surface area (Å²) < 4.78 is 0. The van der Waals surface area contributed by atoms with Crippen LogP contribution in [0.4, 0.5) is 0 Å². The van der Waals surface area contributed by atoms with Gasteiger partial charge in [0.15, 0.2) is 0 Å². The van der Waals surface area contributed by atoms with Gasteiger partial charge in [-0.05, 0) is 27.2 Å². The highest BCUT2D eigenvalue weighted by Gasteiger charge is 2.20. The second-order valence-corrected chi connectivity index (χ2v) is 3.73. The molecule has 1 rings (SSSR count). The Bertz CT molecular complexity index is 133. The van der Waals surface area contributed by atoms with Gasteiger partial charge in [0, 0.05) is 18.3 Å². The van der Waals surface area contributed by atoms with E-state index in [4.69, 9.17) is 0 Å². The molecule has 0 unspecified atom stereocenters. The van der Waals surface area contributed by atoms with Crippen LogP contribution in [0.25, 0.3) is 0 Å². The van der Waals surface area contributed by atoms with Crippen LogP contribution in [0.5, 0.6) is 0 Å². The first-order chi connectivity index (χ1) is 4.61. The molecular formula is C8H16N2. The highest BCUT2D eigenvalue weighted by molar-refractivity contribution is 5.58. The van der Waals surface area contributed by atoms with Crippen molar-refractivity contribution in [2.24, 2.45) is 4.99 Å². The van der Waals surface area contributed by atoms with Crippen molar-refractivity contribution in [3.8, 4) is 0 Å². The van der Waals surface area contributed by atoms with Gasteiger partial charge >= 0.3 is 0 Å². The van der Waals surface area contributed by atoms with E-state index in [1.807, 2.05) is 6.21 Å². The summed E-state index contributed by atoms with van der Waals surface area (Å²) in [5.74, 6) is 0. The summed E-state index contributed by atoms with van der Waals surface area (Å²) in [5, 5.41) is 0. The van der Waals surface area contributed by atoms with E-state index in [9.17, 15) is 0 Å². The molecule has 0 amide bonds. The Morgan fingerprint density at radius 2 is 2.10 bits per heavy atom. The van der Waals surface area contributed by atoms with E-state index in [1.54, 1.807) is 0 Å². The molecule has 0 aliphatic carbocycles. The standard InChI is InChI=1S/C8H16N2/c1-8(2,3)10-6-4-5-9-7-10/h5H,4,6-7H2,1-3H3. The summed E-state index contributed by atoms with van der Waals surface area (Å²) in [6.45, 7) is 8.73. The highest BCUT2D eigenvalue weighted by atomic mass is 15.2. The van der Waals surface area contributed by atoms with Gasteiger partial charge in [-0.1, -0.05) is 0 Å². The number of hydrogen-bond acceptors (Lipinski definition) is 2. The predicted molar refractivity (Wildman–Crippen MR) is 44.4 cm³/mol. The first kappa shape index (κ1) is 7.73. The summed E-state index contributed by atoms with van der Waals surface area (Å²) in [6, 6.07) is 0. The molecule has 0 N–H and O–H groups in total. The van der Waals surface area contributed by atoms with Crippen molar-refractivity contribution in [2.75, 3.05) is 13.2 Å². The van der Waals surface area contributed by atoms with Crippen LogP contribution in [0.1, 0.15) is 27.2 Å². The van der Waals surface area contributed by atoms with Crippen molar-refractivity contribution in [2.45, 2.75) is 32.7 Å². The van der Waals surface area contributed by atoms with Crippen LogP contribution >= 0.6 is 0 Å². The fraction of sp³-hybridized carbons (Fsp3) is 0.875. The first-order valence-electron chi connectivity index (χ1n) is 3.84. The van der Waals surface area contributed by atoms with Gasteiger partial charge in [-0.2, -0.15) is 0 Å².